The molecule has 2 atom stereocenters. The number of aliphatic hydroxyl groups is 1. The van der Waals surface area contributed by atoms with Crippen molar-refractivity contribution in [2.24, 2.45) is 0 Å². The summed E-state index contributed by atoms with van der Waals surface area (Å²) in [7, 11) is 0. The largest absolute Gasteiger partial charge is 0.395 e. The van der Waals surface area contributed by atoms with E-state index < -0.39 is 0 Å². The third-order valence-corrected chi connectivity index (χ3v) is 5.43. The van der Waals surface area contributed by atoms with Crippen molar-refractivity contribution in [1.82, 2.24) is 9.80 Å². The summed E-state index contributed by atoms with van der Waals surface area (Å²) in [6, 6.07) is 0. The highest BCUT2D eigenvalue weighted by atomic mass is 79.9. The molecule has 21 heavy (non-hydrogen) atoms. The minimum absolute atomic E-state index is 0.269. The van der Waals surface area contributed by atoms with E-state index in [2.05, 4.69) is 39.6 Å². The molecule has 1 rings (SSSR count). The third kappa shape index (κ3) is 6.98. The number of rotatable bonds is 12. The normalized spacial score (nSPS) is 24.0. The van der Waals surface area contributed by atoms with Gasteiger partial charge in [0.1, 0.15) is 0 Å². The topological polar surface area (TPSA) is 26.7 Å². The first-order valence-corrected chi connectivity index (χ1v) is 9.90. The van der Waals surface area contributed by atoms with E-state index in [1.54, 1.807) is 0 Å². The highest BCUT2D eigenvalue weighted by Gasteiger charge is 2.35. The summed E-state index contributed by atoms with van der Waals surface area (Å²) in [4.78, 5) is 5.41. The molecular weight excluding hydrogens is 328 g/mol. The van der Waals surface area contributed by atoms with E-state index in [4.69, 9.17) is 0 Å². The Kier molecular flexibility index (Phi) is 11.0. The average Bonchev–Trinajstić information content (AvgIpc) is 2.77. The minimum atomic E-state index is 0.269. The zero-order valence-corrected chi connectivity index (χ0v) is 15.7. The molecule has 1 N–H and O–H groups in total. The molecule has 1 aliphatic rings. The molecule has 0 aromatic heterocycles. The van der Waals surface area contributed by atoms with Crippen LogP contribution in [0.2, 0.25) is 0 Å². The number of aliphatic hydroxyl groups excluding tert-OH is 1. The second-order valence-electron chi connectivity index (χ2n) is 6.23. The first-order chi connectivity index (χ1) is 10.2. The van der Waals surface area contributed by atoms with Gasteiger partial charge in [-0.25, -0.2) is 0 Å². The molecular formula is C17H35BrN2O. The lowest BCUT2D eigenvalue weighted by Crippen LogP contribution is -2.40. The molecule has 0 saturated carbocycles. The molecule has 0 aromatic carbocycles. The van der Waals surface area contributed by atoms with Crippen molar-refractivity contribution < 1.29 is 5.11 Å². The molecule has 1 fully saturated rings. The minimum Gasteiger partial charge on any atom is -0.395 e. The van der Waals surface area contributed by atoms with Crippen molar-refractivity contribution in [3.8, 4) is 0 Å². The summed E-state index contributed by atoms with van der Waals surface area (Å²) in [5.41, 5.74) is 0. The lowest BCUT2D eigenvalue weighted by Gasteiger charge is -2.30. The fraction of sp³-hybridized carbons (Fsp3) is 1.00. The lowest BCUT2D eigenvalue weighted by molar-refractivity contribution is 0.106. The van der Waals surface area contributed by atoms with E-state index in [1.165, 1.54) is 57.8 Å². The molecule has 3 nitrogen and oxygen atoms in total. The summed E-state index contributed by atoms with van der Waals surface area (Å²) in [6.45, 7) is 7.70. The summed E-state index contributed by atoms with van der Waals surface area (Å²) in [5, 5.41) is 9.23. The van der Waals surface area contributed by atoms with Crippen molar-refractivity contribution in [1.29, 1.82) is 0 Å². The Balaban J connectivity index is 2.18. The molecule has 0 radical (unpaired) electrons. The van der Waals surface area contributed by atoms with Crippen LogP contribution in [0.1, 0.15) is 71.6 Å². The van der Waals surface area contributed by atoms with Gasteiger partial charge in [0.05, 0.1) is 17.7 Å². The number of hydrogen-bond acceptors (Lipinski definition) is 3. The van der Waals surface area contributed by atoms with E-state index in [0.29, 0.717) is 11.1 Å². The summed E-state index contributed by atoms with van der Waals surface area (Å²) in [5.74, 6) is 0. The van der Waals surface area contributed by atoms with E-state index in [-0.39, 0.29) is 6.61 Å². The van der Waals surface area contributed by atoms with Gasteiger partial charge in [0, 0.05) is 13.1 Å². The van der Waals surface area contributed by atoms with Gasteiger partial charge in [0.15, 0.2) is 0 Å². The maximum Gasteiger partial charge on any atom is 0.0797 e. The Morgan fingerprint density at radius 1 is 1.00 bits per heavy atom. The van der Waals surface area contributed by atoms with Crippen LogP contribution in [0.3, 0.4) is 0 Å². The number of likely N-dealkylation sites (N-methyl/N-ethyl adjacent to an activating group) is 1. The Bertz CT molecular complexity index is 253. The smallest absolute Gasteiger partial charge is 0.0797 e. The van der Waals surface area contributed by atoms with Crippen LogP contribution >= 0.6 is 15.9 Å². The SMILES string of the molecule is CCCCCCCCCCC1N(CCO)CC(Br)N1CC. The predicted octanol–water partition coefficient (Wildman–Crippen LogP) is 4.19. The van der Waals surface area contributed by atoms with Crippen molar-refractivity contribution >= 4 is 15.9 Å². The van der Waals surface area contributed by atoms with Crippen LogP contribution in [0.5, 0.6) is 0 Å². The number of nitrogens with zero attached hydrogens (tertiary/aromatic N) is 2. The first kappa shape index (κ1) is 19.4. The monoisotopic (exact) mass is 362 g/mol. The molecule has 0 bridgehead atoms. The van der Waals surface area contributed by atoms with Gasteiger partial charge in [-0.15, -0.1) is 0 Å². The summed E-state index contributed by atoms with van der Waals surface area (Å²) in [6.07, 6.45) is 12.8. The number of alkyl halides is 1. The molecule has 126 valence electrons. The molecule has 0 aliphatic carbocycles. The molecule has 4 heteroatoms. The molecule has 0 amide bonds. The molecule has 2 unspecified atom stereocenters. The van der Waals surface area contributed by atoms with E-state index >= 15 is 0 Å². The number of halogens is 1. The van der Waals surface area contributed by atoms with Gasteiger partial charge < -0.3 is 5.11 Å². The Morgan fingerprint density at radius 3 is 2.19 bits per heavy atom. The maximum atomic E-state index is 9.23. The number of unbranched alkanes of at least 4 members (excludes halogenated alkanes) is 7. The Morgan fingerprint density at radius 2 is 1.62 bits per heavy atom. The zero-order valence-electron chi connectivity index (χ0n) is 14.1. The average molecular weight is 363 g/mol. The Labute approximate surface area is 140 Å². The highest BCUT2D eigenvalue weighted by molar-refractivity contribution is 9.09. The zero-order chi connectivity index (χ0) is 15.5. The summed E-state index contributed by atoms with van der Waals surface area (Å²) >= 11 is 3.78. The fourth-order valence-corrected chi connectivity index (χ4v) is 4.34. The van der Waals surface area contributed by atoms with Gasteiger partial charge >= 0.3 is 0 Å². The van der Waals surface area contributed by atoms with Gasteiger partial charge in [-0.2, -0.15) is 0 Å². The molecule has 1 heterocycles. The molecule has 0 aromatic rings. The van der Waals surface area contributed by atoms with Crippen molar-refractivity contribution in [3.05, 3.63) is 0 Å². The van der Waals surface area contributed by atoms with Gasteiger partial charge in [-0.05, 0) is 13.0 Å². The van der Waals surface area contributed by atoms with E-state index in [9.17, 15) is 5.11 Å². The van der Waals surface area contributed by atoms with E-state index in [0.717, 1.165) is 19.6 Å². The van der Waals surface area contributed by atoms with E-state index in [1.807, 2.05) is 0 Å². The van der Waals surface area contributed by atoms with Crippen LogP contribution in [0, 0.1) is 0 Å². The number of β-amino-alcohol motifs (C(OH)–C–C–N with tert-alkyl or cyclic N) is 1. The van der Waals surface area contributed by atoms with Gasteiger partial charge in [0.2, 0.25) is 0 Å². The van der Waals surface area contributed by atoms with Crippen LogP contribution in [-0.2, 0) is 0 Å². The Hall–Kier alpha value is 0.360. The van der Waals surface area contributed by atoms with Crippen LogP contribution in [0.4, 0.5) is 0 Å². The van der Waals surface area contributed by atoms with Crippen molar-refractivity contribution in [3.63, 3.8) is 0 Å². The summed E-state index contributed by atoms with van der Waals surface area (Å²) < 4.78 is 0. The molecule has 1 saturated heterocycles. The lowest BCUT2D eigenvalue weighted by atomic mass is 10.1. The molecule has 0 spiro atoms. The standard InChI is InChI=1S/C17H35BrN2O/c1-3-5-6-7-8-9-10-11-12-17-19(13-14-21)15-16(18)20(17)4-2/h16-17,21H,3-15H2,1-2H3. The van der Waals surface area contributed by atoms with Gasteiger partial charge in [-0.3, -0.25) is 9.80 Å². The second kappa shape index (κ2) is 11.9. The second-order valence-corrected chi connectivity index (χ2v) is 7.28. The van der Waals surface area contributed by atoms with Crippen molar-refractivity contribution in [2.45, 2.75) is 82.8 Å². The maximum absolute atomic E-state index is 9.23. The van der Waals surface area contributed by atoms with Gasteiger partial charge in [0.25, 0.3) is 0 Å². The van der Waals surface area contributed by atoms with Crippen LogP contribution < -0.4 is 0 Å². The third-order valence-electron chi connectivity index (χ3n) is 4.62. The van der Waals surface area contributed by atoms with Crippen LogP contribution in [0.15, 0.2) is 0 Å². The predicted molar refractivity (Wildman–Crippen MR) is 94.8 cm³/mol. The fourth-order valence-electron chi connectivity index (χ4n) is 3.40. The quantitative estimate of drug-likeness (QED) is 0.320. The highest BCUT2D eigenvalue weighted by Crippen LogP contribution is 2.27. The number of hydrogen-bond donors (Lipinski definition) is 1. The van der Waals surface area contributed by atoms with Crippen LogP contribution in [0.25, 0.3) is 0 Å². The van der Waals surface area contributed by atoms with Crippen LogP contribution in [-0.4, -0.2) is 52.3 Å². The van der Waals surface area contributed by atoms with Gasteiger partial charge in [-0.1, -0.05) is 81.1 Å². The van der Waals surface area contributed by atoms with Crippen molar-refractivity contribution in [2.75, 3.05) is 26.2 Å². The first-order valence-electron chi connectivity index (χ1n) is 8.99. The molecule has 1 aliphatic heterocycles.